The van der Waals surface area contributed by atoms with Gasteiger partial charge in [-0.3, -0.25) is 4.79 Å². The van der Waals surface area contributed by atoms with Gasteiger partial charge in [-0.25, -0.2) is 4.68 Å². The van der Waals surface area contributed by atoms with Gasteiger partial charge in [-0.1, -0.05) is 6.07 Å². The number of nitrogens with one attached hydrogen (secondary N) is 2. The first-order valence-electron chi connectivity index (χ1n) is 6.26. The van der Waals surface area contributed by atoms with Crippen molar-refractivity contribution in [1.29, 1.82) is 0 Å². The first-order valence-corrected chi connectivity index (χ1v) is 6.26. The number of carbonyl (C=O) groups excluding carboxylic acids is 1. The highest BCUT2D eigenvalue weighted by Crippen LogP contribution is 2.09. The monoisotopic (exact) mass is 258 g/mol. The summed E-state index contributed by atoms with van der Waals surface area (Å²) in [6.07, 6.45) is 3.56. The summed E-state index contributed by atoms with van der Waals surface area (Å²) in [4.78, 5) is 12.0. The number of benzene rings is 1. The lowest BCUT2D eigenvalue weighted by Crippen LogP contribution is -2.37. The van der Waals surface area contributed by atoms with Crippen LogP contribution in [0.5, 0.6) is 0 Å². The minimum Gasteiger partial charge on any atom is -0.350 e. The summed E-state index contributed by atoms with van der Waals surface area (Å²) in [5.74, 6) is -0.0730. The third-order valence-corrected chi connectivity index (χ3v) is 2.94. The van der Waals surface area contributed by atoms with Crippen LogP contribution in [-0.2, 0) is 0 Å². The highest BCUT2D eigenvalue weighted by molar-refractivity contribution is 5.94. The molecule has 0 aliphatic rings. The van der Waals surface area contributed by atoms with Crippen LogP contribution < -0.4 is 10.6 Å². The van der Waals surface area contributed by atoms with Crippen molar-refractivity contribution in [3.63, 3.8) is 0 Å². The maximum absolute atomic E-state index is 12.0. The molecule has 0 saturated heterocycles. The van der Waals surface area contributed by atoms with Crippen LogP contribution in [0.3, 0.4) is 0 Å². The number of nitrogens with zero attached hydrogens (tertiary/aromatic N) is 2. The van der Waals surface area contributed by atoms with E-state index in [0.29, 0.717) is 12.1 Å². The van der Waals surface area contributed by atoms with Crippen LogP contribution >= 0.6 is 0 Å². The lowest BCUT2D eigenvalue weighted by Gasteiger charge is -2.11. The third-order valence-electron chi connectivity index (χ3n) is 2.94. The second-order valence-electron chi connectivity index (χ2n) is 4.40. The summed E-state index contributed by atoms with van der Waals surface area (Å²) >= 11 is 0. The van der Waals surface area contributed by atoms with Crippen molar-refractivity contribution in [3.8, 4) is 5.69 Å². The molecular weight excluding hydrogens is 240 g/mol. The molecule has 0 aliphatic carbocycles. The Morgan fingerprint density at radius 1 is 1.42 bits per heavy atom. The zero-order valence-corrected chi connectivity index (χ0v) is 11.1. The minimum absolute atomic E-state index is 0.0730. The van der Waals surface area contributed by atoms with Gasteiger partial charge in [-0.05, 0) is 38.2 Å². The number of hydrogen-bond acceptors (Lipinski definition) is 3. The molecule has 1 atom stereocenters. The van der Waals surface area contributed by atoms with Crippen molar-refractivity contribution in [2.24, 2.45) is 0 Å². The van der Waals surface area contributed by atoms with E-state index < -0.39 is 0 Å². The van der Waals surface area contributed by atoms with Crippen LogP contribution in [0.1, 0.15) is 17.3 Å². The standard InChI is InChI=1S/C14H18N4O/c1-11(15-2)10-16-14(19)12-5-3-6-13(9-12)18-8-4-7-17-18/h3-9,11,15H,10H2,1-2H3,(H,16,19). The molecule has 5 nitrogen and oxygen atoms in total. The predicted molar refractivity (Wildman–Crippen MR) is 74.4 cm³/mol. The Hall–Kier alpha value is -2.14. The van der Waals surface area contributed by atoms with Crippen LogP contribution in [0.2, 0.25) is 0 Å². The first-order chi connectivity index (χ1) is 9.20. The molecular formula is C14H18N4O. The predicted octanol–water partition coefficient (Wildman–Crippen LogP) is 1.21. The maximum Gasteiger partial charge on any atom is 0.251 e. The van der Waals surface area contributed by atoms with Crippen LogP contribution in [0.25, 0.3) is 5.69 Å². The number of likely N-dealkylation sites (N-methyl/N-ethyl adjacent to an activating group) is 1. The van der Waals surface area contributed by atoms with E-state index in [1.54, 1.807) is 16.9 Å². The summed E-state index contributed by atoms with van der Waals surface area (Å²) in [6, 6.07) is 9.49. The molecule has 1 unspecified atom stereocenters. The van der Waals surface area contributed by atoms with Crippen molar-refractivity contribution >= 4 is 5.91 Å². The molecule has 0 aliphatic heterocycles. The quantitative estimate of drug-likeness (QED) is 0.847. The SMILES string of the molecule is CNC(C)CNC(=O)c1cccc(-n2cccn2)c1. The second-order valence-corrected chi connectivity index (χ2v) is 4.40. The van der Waals surface area contributed by atoms with Crippen molar-refractivity contribution in [3.05, 3.63) is 48.3 Å². The van der Waals surface area contributed by atoms with Crippen molar-refractivity contribution in [2.75, 3.05) is 13.6 Å². The van der Waals surface area contributed by atoms with Gasteiger partial charge < -0.3 is 10.6 Å². The number of amides is 1. The van der Waals surface area contributed by atoms with Gasteiger partial charge in [-0.15, -0.1) is 0 Å². The Bertz CT molecular complexity index is 536. The highest BCUT2D eigenvalue weighted by Gasteiger charge is 2.08. The fourth-order valence-electron chi connectivity index (χ4n) is 1.66. The number of rotatable bonds is 5. The van der Waals surface area contributed by atoms with Gasteiger partial charge in [0.15, 0.2) is 0 Å². The van der Waals surface area contributed by atoms with Gasteiger partial charge in [0.05, 0.1) is 5.69 Å². The second kappa shape index (κ2) is 6.15. The Kier molecular flexibility index (Phi) is 4.30. The summed E-state index contributed by atoms with van der Waals surface area (Å²) in [5.41, 5.74) is 1.51. The molecule has 0 saturated carbocycles. The van der Waals surface area contributed by atoms with E-state index in [2.05, 4.69) is 15.7 Å². The zero-order chi connectivity index (χ0) is 13.7. The smallest absolute Gasteiger partial charge is 0.251 e. The Morgan fingerprint density at radius 2 is 2.26 bits per heavy atom. The van der Waals surface area contributed by atoms with E-state index in [9.17, 15) is 4.79 Å². The largest absolute Gasteiger partial charge is 0.350 e. The maximum atomic E-state index is 12.0. The normalized spacial score (nSPS) is 12.1. The fraction of sp³-hybridized carbons (Fsp3) is 0.286. The van der Waals surface area contributed by atoms with E-state index in [4.69, 9.17) is 0 Å². The molecule has 0 fully saturated rings. The molecule has 1 aromatic carbocycles. The summed E-state index contributed by atoms with van der Waals surface area (Å²) in [5, 5.41) is 10.1. The molecule has 1 amide bonds. The van der Waals surface area contributed by atoms with Gasteiger partial charge >= 0.3 is 0 Å². The average Bonchev–Trinajstić information content (AvgIpc) is 2.98. The molecule has 0 spiro atoms. The molecule has 1 aromatic heterocycles. The Labute approximate surface area is 112 Å². The molecule has 2 aromatic rings. The average molecular weight is 258 g/mol. The van der Waals surface area contributed by atoms with Crippen LogP contribution in [0.15, 0.2) is 42.7 Å². The van der Waals surface area contributed by atoms with Gasteiger partial charge in [0, 0.05) is 30.5 Å². The van der Waals surface area contributed by atoms with Gasteiger partial charge in [-0.2, -0.15) is 5.10 Å². The van der Waals surface area contributed by atoms with Crippen molar-refractivity contribution < 1.29 is 4.79 Å². The van der Waals surface area contributed by atoms with Gasteiger partial charge in [0.25, 0.3) is 5.91 Å². The van der Waals surface area contributed by atoms with E-state index in [-0.39, 0.29) is 11.9 Å². The molecule has 5 heteroatoms. The lowest BCUT2D eigenvalue weighted by atomic mass is 10.2. The van der Waals surface area contributed by atoms with Crippen LogP contribution in [0.4, 0.5) is 0 Å². The van der Waals surface area contributed by atoms with E-state index in [0.717, 1.165) is 5.69 Å². The molecule has 0 bridgehead atoms. The number of carbonyl (C=O) groups is 1. The fourth-order valence-corrected chi connectivity index (χ4v) is 1.66. The molecule has 1 heterocycles. The van der Waals surface area contributed by atoms with Crippen molar-refractivity contribution in [2.45, 2.75) is 13.0 Å². The van der Waals surface area contributed by atoms with Crippen molar-refractivity contribution in [1.82, 2.24) is 20.4 Å². The Balaban J connectivity index is 2.08. The summed E-state index contributed by atoms with van der Waals surface area (Å²) < 4.78 is 1.73. The topological polar surface area (TPSA) is 58.9 Å². The zero-order valence-electron chi connectivity index (χ0n) is 11.1. The molecule has 0 radical (unpaired) electrons. The number of hydrogen-bond donors (Lipinski definition) is 2. The molecule has 19 heavy (non-hydrogen) atoms. The number of aromatic nitrogens is 2. The van der Waals surface area contributed by atoms with Gasteiger partial charge in [0.2, 0.25) is 0 Å². The van der Waals surface area contributed by atoms with E-state index in [1.807, 2.05) is 44.4 Å². The lowest BCUT2D eigenvalue weighted by molar-refractivity contribution is 0.0950. The van der Waals surface area contributed by atoms with Crippen LogP contribution in [0, 0.1) is 0 Å². The van der Waals surface area contributed by atoms with E-state index in [1.165, 1.54) is 0 Å². The Morgan fingerprint density at radius 3 is 2.95 bits per heavy atom. The minimum atomic E-state index is -0.0730. The van der Waals surface area contributed by atoms with E-state index >= 15 is 0 Å². The molecule has 2 N–H and O–H groups in total. The van der Waals surface area contributed by atoms with Crippen LogP contribution in [-0.4, -0.2) is 35.3 Å². The summed E-state index contributed by atoms with van der Waals surface area (Å²) in [6.45, 7) is 2.61. The molecule has 100 valence electrons. The molecule has 2 rings (SSSR count). The first kappa shape index (κ1) is 13.3. The highest BCUT2D eigenvalue weighted by atomic mass is 16.1. The van der Waals surface area contributed by atoms with Gasteiger partial charge in [0.1, 0.15) is 0 Å². The summed E-state index contributed by atoms with van der Waals surface area (Å²) in [7, 11) is 1.87. The third kappa shape index (κ3) is 3.42.